The second kappa shape index (κ2) is 5.31. The van der Waals surface area contributed by atoms with E-state index >= 15 is 0 Å². The SMILES string of the molecule is COC(=O)c1sc(Cc2cccc(C)c2)nc1C. The second-order valence-corrected chi connectivity index (χ2v) is 5.26. The molecule has 2 rings (SSSR count). The van der Waals surface area contributed by atoms with Crippen molar-refractivity contribution in [1.82, 2.24) is 4.98 Å². The van der Waals surface area contributed by atoms with Crippen LogP contribution in [0.25, 0.3) is 0 Å². The summed E-state index contributed by atoms with van der Waals surface area (Å²) < 4.78 is 4.73. The number of rotatable bonds is 3. The molecular weight excluding hydrogens is 246 g/mol. The van der Waals surface area contributed by atoms with Gasteiger partial charge in [-0.1, -0.05) is 29.8 Å². The fourth-order valence-electron chi connectivity index (χ4n) is 1.81. The van der Waals surface area contributed by atoms with Crippen LogP contribution >= 0.6 is 11.3 Å². The van der Waals surface area contributed by atoms with Crippen molar-refractivity contribution in [2.24, 2.45) is 0 Å². The van der Waals surface area contributed by atoms with Gasteiger partial charge < -0.3 is 4.74 Å². The largest absolute Gasteiger partial charge is 0.465 e. The fourth-order valence-corrected chi connectivity index (χ4v) is 2.82. The second-order valence-electron chi connectivity index (χ2n) is 4.18. The van der Waals surface area contributed by atoms with Crippen molar-refractivity contribution >= 4 is 17.3 Å². The first-order chi connectivity index (χ1) is 8.60. The molecule has 0 saturated carbocycles. The van der Waals surface area contributed by atoms with Crippen molar-refractivity contribution in [2.45, 2.75) is 20.3 Å². The highest BCUT2D eigenvalue weighted by molar-refractivity contribution is 7.13. The maximum absolute atomic E-state index is 11.5. The lowest BCUT2D eigenvalue weighted by molar-refractivity contribution is 0.0605. The lowest BCUT2D eigenvalue weighted by atomic mass is 10.1. The Morgan fingerprint density at radius 1 is 1.39 bits per heavy atom. The average Bonchev–Trinajstić information content (AvgIpc) is 2.69. The molecule has 0 bridgehead atoms. The van der Waals surface area contributed by atoms with Crippen LogP contribution in [0.4, 0.5) is 0 Å². The fraction of sp³-hybridized carbons (Fsp3) is 0.286. The molecule has 18 heavy (non-hydrogen) atoms. The molecule has 0 amide bonds. The predicted molar refractivity (Wildman–Crippen MR) is 72.2 cm³/mol. The first-order valence-corrected chi connectivity index (χ1v) is 6.52. The number of aryl methyl sites for hydroxylation is 2. The van der Waals surface area contributed by atoms with Crippen molar-refractivity contribution in [3.63, 3.8) is 0 Å². The monoisotopic (exact) mass is 261 g/mol. The van der Waals surface area contributed by atoms with E-state index in [1.165, 1.54) is 29.6 Å². The molecule has 0 aliphatic heterocycles. The van der Waals surface area contributed by atoms with Gasteiger partial charge in [0.2, 0.25) is 0 Å². The van der Waals surface area contributed by atoms with Gasteiger partial charge in [-0.15, -0.1) is 11.3 Å². The van der Waals surface area contributed by atoms with Gasteiger partial charge >= 0.3 is 5.97 Å². The minimum absolute atomic E-state index is 0.305. The summed E-state index contributed by atoms with van der Waals surface area (Å²) in [5, 5.41) is 0.943. The summed E-state index contributed by atoms with van der Waals surface area (Å²) in [6, 6.07) is 8.30. The van der Waals surface area contributed by atoms with Crippen molar-refractivity contribution in [2.75, 3.05) is 7.11 Å². The van der Waals surface area contributed by atoms with Crippen LogP contribution in [0.3, 0.4) is 0 Å². The Bertz CT molecular complexity index is 575. The molecule has 0 spiro atoms. The van der Waals surface area contributed by atoms with Gasteiger partial charge in [0.15, 0.2) is 0 Å². The van der Waals surface area contributed by atoms with Crippen LogP contribution in [0.2, 0.25) is 0 Å². The summed E-state index contributed by atoms with van der Waals surface area (Å²) in [5.74, 6) is -0.305. The Morgan fingerprint density at radius 2 is 2.17 bits per heavy atom. The van der Waals surface area contributed by atoms with E-state index in [9.17, 15) is 4.79 Å². The standard InChI is InChI=1S/C14H15NO2S/c1-9-5-4-6-11(7-9)8-12-15-10(2)13(18-12)14(16)17-3/h4-7H,8H2,1-3H3. The molecule has 0 radical (unpaired) electrons. The molecule has 3 nitrogen and oxygen atoms in total. The Morgan fingerprint density at radius 3 is 2.83 bits per heavy atom. The van der Waals surface area contributed by atoms with Gasteiger partial charge in [0, 0.05) is 6.42 Å². The smallest absolute Gasteiger partial charge is 0.349 e. The third-order valence-corrected chi connectivity index (χ3v) is 3.79. The van der Waals surface area contributed by atoms with Crippen molar-refractivity contribution in [3.05, 3.63) is 51.0 Å². The molecule has 0 unspecified atom stereocenters. The number of carbonyl (C=O) groups excluding carboxylic acids is 1. The lowest BCUT2D eigenvalue weighted by Crippen LogP contribution is -1.99. The van der Waals surface area contributed by atoms with Crippen molar-refractivity contribution < 1.29 is 9.53 Å². The van der Waals surface area contributed by atoms with E-state index in [1.807, 2.05) is 13.0 Å². The predicted octanol–water partition coefficient (Wildman–Crippen LogP) is 3.14. The summed E-state index contributed by atoms with van der Waals surface area (Å²) >= 11 is 1.41. The van der Waals surface area contributed by atoms with Crippen LogP contribution in [0.5, 0.6) is 0 Å². The van der Waals surface area contributed by atoms with Crippen LogP contribution in [-0.4, -0.2) is 18.1 Å². The maximum Gasteiger partial charge on any atom is 0.349 e. The highest BCUT2D eigenvalue weighted by Gasteiger charge is 2.15. The summed E-state index contributed by atoms with van der Waals surface area (Å²) in [6.07, 6.45) is 0.754. The number of carbonyl (C=O) groups is 1. The van der Waals surface area contributed by atoms with E-state index in [0.29, 0.717) is 4.88 Å². The highest BCUT2D eigenvalue weighted by atomic mass is 32.1. The van der Waals surface area contributed by atoms with E-state index in [-0.39, 0.29) is 5.97 Å². The third-order valence-electron chi connectivity index (χ3n) is 2.65. The van der Waals surface area contributed by atoms with Crippen molar-refractivity contribution in [1.29, 1.82) is 0 Å². The van der Waals surface area contributed by atoms with E-state index in [4.69, 9.17) is 4.74 Å². The van der Waals surface area contributed by atoms with Crippen LogP contribution < -0.4 is 0 Å². The number of hydrogen-bond donors (Lipinski definition) is 0. The van der Waals surface area contributed by atoms with Gasteiger partial charge in [0.05, 0.1) is 17.8 Å². The third kappa shape index (κ3) is 2.76. The van der Waals surface area contributed by atoms with E-state index in [2.05, 4.69) is 30.1 Å². The number of nitrogens with zero attached hydrogens (tertiary/aromatic N) is 1. The van der Waals surface area contributed by atoms with Gasteiger partial charge in [-0.3, -0.25) is 0 Å². The molecule has 0 N–H and O–H groups in total. The number of ether oxygens (including phenoxy) is 1. The quantitative estimate of drug-likeness (QED) is 0.797. The zero-order valence-corrected chi connectivity index (χ0v) is 11.5. The Balaban J connectivity index is 2.23. The molecule has 1 aromatic carbocycles. The molecule has 4 heteroatoms. The zero-order valence-electron chi connectivity index (χ0n) is 10.7. The van der Waals surface area contributed by atoms with Crippen molar-refractivity contribution in [3.8, 4) is 0 Å². The van der Waals surface area contributed by atoms with Crippen LogP contribution in [0.1, 0.15) is 31.5 Å². The zero-order chi connectivity index (χ0) is 13.1. The molecule has 0 atom stereocenters. The molecular formula is C14H15NO2S. The van der Waals surface area contributed by atoms with Crippen LogP contribution in [0.15, 0.2) is 24.3 Å². The summed E-state index contributed by atoms with van der Waals surface area (Å²) in [7, 11) is 1.39. The summed E-state index contributed by atoms with van der Waals surface area (Å²) in [5.41, 5.74) is 3.18. The number of methoxy groups -OCH3 is 1. The maximum atomic E-state index is 11.5. The minimum Gasteiger partial charge on any atom is -0.465 e. The molecule has 0 saturated heterocycles. The average molecular weight is 261 g/mol. The molecule has 2 aromatic rings. The van der Waals surface area contributed by atoms with Gasteiger partial charge in [-0.2, -0.15) is 0 Å². The Kier molecular flexibility index (Phi) is 3.77. The first-order valence-electron chi connectivity index (χ1n) is 5.70. The van der Waals surface area contributed by atoms with Crippen LogP contribution in [0, 0.1) is 13.8 Å². The van der Waals surface area contributed by atoms with Gasteiger partial charge in [-0.05, 0) is 19.4 Å². The minimum atomic E-state index is -0.305. The molecule has 1 aromatic heterocycles. The number of hydrogen-bond acceptors (Lipinski definition) is 4. The molecule has 94 valence electrons. The Hall–Kier alpha value is -1.68. The number of esters is 1. The number of aromatic nitrogens is 1. The number of benzene rings is 1. The number of thiazole rings is 1. The van der Waals surface area contributed by atoms with E-state index in [0.717, 1.165) is 17.1 Å². The normalized spacial score (nSPS) is 10.4. The Labute approximate surface area is 110 Å². The molecule has 0 aliphatic carbocycles. The van der Waals surface area contributed by atoms with E-state index in [1.54, 1.807) is 0 Å². The van der Waals surface area contributed by atoms with Gasteiger partial charge in [0.1, 0.15) is 4.88 Å². The van der Waals surface area contributed by atoms with Gasteiger partial charge in [-0.25, -0.2) is 9.78 Å². The molecule has 1 heterocycles. The van der Waals surface area contributed by atoms with Gasteiger partial charge in [0.25, 0.3) is 0 Å². The summed E-state index contributed by atoms with van der Waals surface area (Å²) in [4.78, 5) is 16.5. The molecule has 0 fully saturated rings. The lowest BCUT2D eigenvalue weighted by Gasteiger charge is -1.99. The summed E-state index contributed by atoms with van der Waals surface area (Å²) in [6.45, 7) is 3.90. The van der Waals surface area contributed by atoms with Crippen LogP contribution in [-0.2, 0) is 11.2 Å². The van der Waals surface area contributed by atoms with E-state index < -0.39 is 0 Å². The first kappa shape index (κ1) is 12.8. The highest BCUT2D eigenvalue weighted by Crippen LogP contribution is 2.21. The molecule has 0 aliphatic rings. The topological polar surface area (TPSA) is 39.2 Å².